The van der Waals surface area contributed by atoms with E-state index in [1.807, 2.05) is 25.7 Å². The number of carbonyl (C=O) groups excluding carboxylic acids is 1. The fourth-order valence-corrected chi connectivity index (χ4v) is 2.51. The molecular formula is C16H25N3O3. The van der Waals surface area contributed by atoms with Crippen LogP contribution in [0.3, 0.4) is 0 Å². The minimum absolute atomic E-state index is 0.160. The van der Waals surface area contributed by atoms with Gasteiger partial charge in [0.2, 0.25) is 0 Å². The number of carbonyl (C=O) groups is 1. The van der Waals surface area contributed by atoms with Crippen LogP contribution in [0, 0.1) is 0 Å². The zero-order valence-electron chi connectivity index (χ0n) is 13.6. The highest BCUT2D eigenvalue weighted by atomic mass is 16.6. The molecule has 0 N–H and O–H groups in total. The Morgan fingerprint density at radius 3 is 2.73 bits per heavy atom. The Bertz CT molecular complexity index is 473. The van der Waals surface area contributed by atoms with Gasteiger partial charge in [0.25, 0.3) is 0 Å². The first-order valence-electron chi connectivity index (χ1n) is 7.85. The van der Waals surface area contributed by atoms with E-state index < -0.39 is 5.60 Å². The Balaban J connectivity index is 1.85. The first kappa shape index (κ1) is 16.5. The summed E-state index contributed by atoms with van der Waals surface area (Å²) in [5, 5.41) is 0. The third kappa shape index (κ3) is 5.16. The van der Waals surface area contributed by atoms with Crippen LogP contribution >= 0.6 is 0 Å². The quantitative estimate of drug-likeness (QED) is 0.855. The van der Waals surface area contributed by atoms with Gasteiger partial charge in [-0.25, -0.2) is 14.8 Å². The van der Waals surface area contributed by atoms with E-state index in [-0.39, 0.29) is 12.1 Å². The summed E-state index contributed by atoms with van der Waals surface area (Å²) in [6, 6.07) is 2.28. The smallest absolute Gasteiger partial charge is 0.410 e. The molecule has 0 radical (unpaired) electrons. The molecule has 0 spiro atoms. The van der Waals surface area contributed by atoms with Gasteiger partial charge in [-0.1, -0.05) is 0 Å². The molecule has 2 heterocycles. The summed E-state index contributed by atoms with van der Waals surface area (Å²) in [7, 11) is 0. The summed E-state index contributed by atoms with van der Waals surface area (Å²) in [6.07, 6.45) is 6.97. The zero-order chi connectivity index (χ0) is 16.0. The molecule has 6 nitrogen and oxygen atoms in total. The van der Waals surface area contributed by atoms with E-state index in [4.69, 9.17) is 9.47 Å². The van der Waals surface area contributed by atoms with Crippen molar-refractivity contribution >= 4 is 6.09 Å². The van der Waals surface area contributed by atoms with Gasteiger partial charge in [0, 0.05) is 31.4 Å². The van der Waals surface area contributed by atoms with Crippen molar-refractivity contribution < 1.29 is 14.3 Å². The van der Waals surface area contributed by atoms with Crippen molar-refractivity contribution in [1.29, 1.82) is 0 Å². The standard InChI is InChI=1S/C16H25N3O3/c1-16(2,3)22-15(20)19-11-5-4-7-13(19)8-12-21-14-17-9-6-10-18-14/h6,9-10,13H,4-5,7-8,11-12H2,1-3H3/t13-/m1/s1. The van der Waals surface area contributed by atoms with Crippen LogP contribution < -0.4 is 4.74 Å². The summed E-state index contributed by atoms with van der Waals surface area (Å²) >= 11 is 0. The summed E-state index contributed by atoms with van der Waals surface area (Å²) in [5.74, 6) is 0. The van der Waals surface area contributed by atoms with Crippen LogP contribution in [0.4, 0.5) is 4.79 Å². The fourth-order valence-electron chi connectivity index (χ4n) is 2.51. The Kier molecular flexibility index (Phi) is 5.57. The van der Waals surface area contributed by atoms with Gasteiger partial charge in [-0.05, 0) is 46.1 Å². The van der Waals surface area contributed by atoms with Crippen molar-refractivity contribution in [1.82, 2.24) is 14.9 Å². The van der Waals surface area contributed by atoms with Crippen LogP contribution in [-0.2, 0) is 4.74 Å². The lowest BCUT2D eigenvalue weighted by molar-refractivity contribution is 0.00732. The van der Waals surface area contributed by atoms with E-state index in [1.165, 1.54) is 0 Å². The summed E-state index contributed by atoms with van der Waals surface area (Å²) < 4.78 is 11.0. The van der Waals surface area contributed by atoms with E-state index >= 15 is 0 Å². The topological polar surface area (TPSA) is 64.5 Å². The fraction of sp³-hybridized carbons (Fsp3) is 0.688. The molecule has 1 atom stereocenters. The molecule has 0 aliphatic carbocycles. The maximum atomic E-state index is 12.3. The average Bonchev–Trinajstić information content (AvgIpc) is 2.47. The van der Waals surface area contributed by atoms with Gasteiger partial charge in [0.15, 0.2) is 0 Å². The predicted molar refractivity (Wildman–Crippen MR) is 82.7 cm³/mol. The number of amides is 1. The molecule has 0 bridgehead atoms. The largest absolute Gasteiger partial charge is 0.463 e. The number of aromatic nitrogens is 2. The number of likely N-dealkylation sites (tertiary alicyclic amines) is 1. The lowest BCUT2D eigenvalue weighted by atomic mass is 10.0. The van der Waals surface area contributed by atoms with E-state index in [0.717, 1.165) is 32.2 Å². The average molecular weight is 307 g/mol. The van der Waals surface area contributed by atoms with Crippen LogP contribution in [0.2, 0.25) is 0 Å². The van der Waals surface area contributed by atoms with Crippen LogP contribution in [0.25, 0.3) is 0 Å². The second-order valence-electron chi connectivity index (χ2n) is 6.49. The van der Waals surface area contributed by atoms with Crippen LogP contribution in [-0.4, -0.2) is 45.8 Å². The van der Waals surface area contributed by atoms with Crippen molar-refractivity contribution in [2.75, 3.05) is 13.2 Å². The maximum Gasteiger partial charge on any atom is 0.410 e. The Labute approximate surface area is 131 Å². The highest BCUT2D eigenvalue weighted by Gasteiger charge is 2.30. The monoisotopic (exact) mass is 307 g/mol. The normalized spacial score (nSPS) is 18.9. The first-order chi connectivity index (χ1) is 10.5. The molecule has 6 heteroatoms. The first-order valence-corrected chi connectivity index (χ1v) is 7.85. The van der Waals surface area contributed by atoms with Gasteiger partial charge in [-0.15, -0.1) is 0 Å². The van der Waals surface area contributed by atoms with Crippen molar-refractivity contribution in [3.05, 3.63) is 18.5 Å². The molecule has 0 unspecified atom stereocenters. The molecular weight excluding hydrogens is 282 g/mol. The molecule has 1 saturated heterocycles. The molecule has 122 valence electrons. The van der Waals surface area contributed by atoms with Crippen molar-refractivity contribution in [2.24, 2.45) is 0 Å². The second kappa shape index (κ2) is 7.42. The molecule has 0 saturated carbocycles. The van der Waals surface area contributed by atoms with Crippen molar-refractivity contribution in [2.45, 2.75) is 58.1 Å². The van der Waals surface area contributed by atoms with Crippen LogP contribution in [0.5, 0.6) is 6.01 Å². The molecule has 2 rings (SSSR count). The minimum Gasteiger partial charge on any atom is -0.463 e. The zero-order valence-corrected chi connectivity index (χ0v) is 13.6. The summed E-state index contributed by atoms with van der Waals surface area (Å²) in [5.41, 5.74) is -0.465. The van der Waals surface area contributed by atoms with E-state index in [9.17, 15) is 4.79 Å². The highest BCUT2D eigenvalue weighted by Crippen LogP contribution is 2.22. The number of hydrogen-bond donors (Lipinski definition) is 0. The number of hydrogen-bond acceptors (Lipinski definition) is 5. The predicted octanol–water partition coefficient (Wildman–Crippen LogP) is 3.04. The summed E-state index contributed by atoms with van der Waals surface area (Å²) in [6.45, 7) is 6.91. The second-order valence-corrected chi connectivity index (χ2v) is 6.49. The lowest BCUT2D eigenvalue weighted by Crippen LogP contribution is -2.46. The molecule has 0 aromatic carbocycles. The van der Waals surface area contributed by atoms with Gasteiger partial charge in [0.05, 0.1) is 6.61 Å². The molecule has 22 heavy (non-hydrogen) atoms. The van der Waals surface area contributed by atoms with Gasteiger partial charge < -0.3 is 14.4 Å². The number of nitrogens with zero attached hydrogens (tertiary/aromatic N) is 3. The molecule has 1 aliphatic heterocycles. The van der Waals surface area contributed by atoms with Crippen LogP contribution in [0.15, 0.2) is 18.5 Å². The van der Waals surface area contributed by atoms with Gasteiger partial charge in [-0.3, -0.25) is 0 Å². The highest BCUT2D eigenvalue weighted by molar-refractivity contribution is 5.68. The number of piperidine rings is 1. The Morgan fingerprint density at radius 2 is 2.05 bits per heavy atom. The number of ether oxygens (including phenoxy) is 2. The third-order valence-corrected chi connectivity index (χ3v) is 3.48. The molecule has 1 aromatic heterocycles. The van der Waals surface area contributed by atoms with E-state index in [0.29, 0.717) is 12.6 Å². The van der Waals surface area contributed by atoms with Gasteiger partial charge in [-0.2, -0.15) is 0 Å². The summed E-state index contributed by atoms with van der Waals surface area (Å²) in [4.78, 5) is 22.2. The van der Waals surface area contributed by atoms with Crippen molar-refractivity contribution in [3.8, 4) is 6.01 Å². The van der Waals surface area contributed by atoms with Crippen LogP contribution in [0.1, 0.15) is 46.5 Å². The van der Waals surface area contributed by atoms with Gasteiger partial charge >= 0.3 is 12.1 Å². The molecule has 1 amide bonds. The number of rotatable bonds is 4. The van der Waals surface area contributed by atoms with Gasteiger partial charge in [0.1, 0.15) is 5.60 Å². The van der Waals surface area contributed by atoms with Crippen molar-refractivity contribution in [3.63, 3.8) is 0 Å². The Hall–Kier alpha value is -1.85. The molecule has 1 fully saturated rings. The SMILES string of the molecule is CC(C)(C)OC(=O)N1CCCC[C@@H]1CCOc1ncccn1. The third-order valence-electron chi connectivity index (χ3n) is 3.48. The minimum atomic E-state index is -0.465. The van der Waals surface area contributed by atoms with E-state index in [2.05, 4.69) is 9.97 Å². The maximum absolute atomic E-state index is 12.3. The molecule has 1 aromatic rings. The molecule has 1 aliphatic rings. The lowest BCUT2D eigenvalue weighted by Gasteiger charge is -2.36. The Morgan fingerprint density at radius 1 is 1.32 bits per heavy atom. The van der Waals surface area contributed by atoms with E-state index in [1.54, 1.807) is 18.5 Å².